The zero-order valence-corrected chi connectivity index (χ0v) is 13.5. The standard InChI is InChI=1S/C17H19N7/c1-11-8-9-14(12(2)10-11)20-16-21-15(22-17(23-16)24-18)19-13-6-4-3-5-7-13/h3-10H,18H2,1-2H3,(H3,19,20,21,22,23,24). The van der Waals surface area contributed by atoms with Gasteiger partial charge in [0.2, 0.25) is 17.8 Å². The summed E-state index contributed by atoms with van der Waals surface area (Å²) in [6.07, 6.45) is 0. The van der Waals surface area contributed by atoms with Gasteiger partial charge in [-0.1, -0.05) is 35.9 Å². The number of nitrogen functional groups attached to an aromatic ring is 1. The Bertz CT molecular complexity index is 834. The fraction of sp³-hybridized carbons (Fsp3) is 0.118. The topological polar surface area (TPSA) is 101 Å². The molecular formula is C17H19N7. The molecule has 0 saturated carbocycles. The minimum atomic E-state index is 0.274. The van der Waals surface area contributed by atoms with E-state index in [9.17, 15) is 0 Å². The molecule has 0 saturated heterocycles. The molecule has 1 heterocycles. The van der Waals surface area contributed by atoms with Crippen molar-refractivity contribution in [2.45, 2.75) is 13.8 Å². The van der Waals surface area contributed by atoms with Gasteiger partial charge in [0.25, 0.3) is 0 Å². The highest BCUT2D eigenvalue weighted by Gasteiger charge is 2.08. The van der Waals surface area contributed by atoms with Crippen LogP contribution in [0.5, 0.6) is 0 Å². The third kappa shape index (κ3) is 3.76. The van der Waals surface area contributed by atoms with Crippen LogP contribution >= 0.6 is 0 Å². The van der Waals surface area contributed by atoms with Crippen molar-refractivity contribution in [2.24, 2.45) is 5.84 Å². The second kappa shape index (κ2) is 6.93. The van der Waals surface area contributed by atoms with Gasteiger partial charge in [0.1, 0.15) is 0 Å². The summed E-state index contributed by atoms with van der Waals surface area (Å²) < 4.78 is 0. The van der Waals surface area contributed by atoms with E-state index in [1.807, 2.05) is 49.4 Å². The molecule has 0 atom stereocenters. The number of hydrazine groups is 1. The Morgan fingerprint density at radius 3 is 2.12 bits per heavy atom. The van der Waals surface area contributed by atoms with Crippen molar-refractivity contribution in [1.82, 2.24) is 15.0 Å². The second-order valence-corrected chi connectivity index (χ2v) is 5.38. The lowest BCUT2D eigenvalue weighted by Gasteiger charge is -2.11. The molecular weight excluding hydrogens is 302 g/mol. The lowest BCUT2D eigenvalue weighted by Crippen LogP contribution is -2.14. The van der Waals surface area contributed by atoms with E-state index in [0.717, 1.165) is 16.9 Å². The number of aromatic nitrogens is 3. The molecule has 0 aliphatic rings. The van der Waals surface area contributed by atoms with Crippen LogP contribution in [0.25, 0.3) is 0 Å². The molecule has 2 aromatic carbocycles. The molecule has 122 valence electrons. The first-order chi connectivity index (χ1) is 11.6. The number of para-hydroxylation sites is 1. The van der Waals surface area contributed by atoms with Crippen LogP contribution < -0.4 is 21.9 Å². The third-order valence-electron chi connectivity index (χ3n) is 3.42. The van der Waals surface area contributed by atoms with Gasteiger partial charge in [-0.05, 0) is 37.6 Å². The molecule has 0 fully saturated rings. The Morgan fingerprint density at radius 1 is 0.792 bits per heavy atom. The molecule has 0 bridgehead atoms. The maximum atomic E-state index is 5.47. The summed E-state index contributed by atoms with van der Waals surface area (Å²) in [5, 5.41) is 6.33. The molecule has 5 N–H and O–H groups in total. The fourth-order valence-electron chi connectivity index (χ4n) is 2.28. The molecule has 7 heteroatoms. The van der Waals surface area contributed by atoms with Crippen molar-refractivity contribution in [3.8, 4) is 0 Å². The first-order valence-corrected chi connectivity index (χ1v) is 7.53. The lowest BCUT2D eigenvalue weighted by molar-refractivity contribution is 1.04. The van der Waals surface area contributed by atoms with E-state index in [4.69, 9.17) is 5.84 Å². The Balaban J connectivity index is 1.88. The monoisotopic (exact) mass is 321 g/mol. The first-order valence-electron chi connectivity index (χ1n) is 7.53. The van der Waals surface area contributed by atoms with Crippen LogP contribution in [0.15, 0.2) is 48.5 Å². The molecule has 1 aromatic heterocycles. The van der Waals surface area contributed by atoms with Crippen molar-refractivity contribution in [3.05, 3.63) is 59.7 Å². The Kier molecular flexibility index (Phi) is 4.53. The number of nitrogens with two attached hydrogens (primary N) is 1. The number of benzene rings is 2. The number of anilines is 5. The highest BCUT2D eigenvalue weighted by Crippen LogP contribution is 2.21. The van der Waals surface area contributed by atoms with Gasteiger partial charge in [-0.15, -0.1) is 0 Å². The first kappa shape index (κ1) is 15.7. The van der Waals surface area contributed by atoms with Gasteiger partial charge < -0.3 is 10.6 Å². The highest BCUT2D eigenvalue weighted by atomic mass is 15.3. The summed E-state index contributed by atoms with van der Waals surface area (Å²) in [5.41, 5.74) is 6.58. The van der Waals surface area contributed by atoms with Crippen LogP contribution in [0.3, 0.4) is 0 Å². The van der Waals surface area contributed by atoms with Crippen LogP contribution in [-0.4, -0.2) is 15.0 Å². The highest BCUT2D eigenvalue weighted by molar-refractivity contribution is 5.61. The number of hydrogen-bond donors (Lipinski definition) is 4. The summed E-state index contributed by atoms with van der Waals surface area (Å²) in [4.78, 5) is 12.9. The van der Waals surface area contributed by atoms with Gasteiger partial charge in [-0.3, -0.25) is 5.43 Å². The average Bonchev–Trinajstić information content (AvgIpc) is 2.58. The fourth-order valence-corrected chi connectivity index (χ4v) is 2.28. The Morgan fingerprint density at radius 2 is 1.46 bits per heavy atom. The molecule has 0 aliphatic carbocycles. The Labute approximate surface area is 140 Å². The number of rotatable bonds is 5. The van der Waals surface area contributed by atoms with Gasteiger partial charge in [0.15, 0.2) is 0 Å². The molecule has 0 amide bonds. The van der Waals surface area contributed by atoms with Crippen molar-refractivity contribution in [2.75, 3.05) is 16.1 Å². The van der Waals surface area contributed by atoms with Gasteiger partial charge in [-0.25, -0.2) is 5.84 Å². The zero-order chi connectivity index (χ0) is 16.9. The van der Waals surface area contributed by atoms with Crippen molar-refractivity contribution >= 4 is 29.2 Å². The zero-order valence-electron chi connectivity index (χ0n) is 13.5. The largest absolute Gasteiger partial charge is 0.324 e. The van der Waals surface area contributed by atoms with Crippen LogP contribution in [0.1, 0.15) is 11.1 Å². The quantitative estimate of drug-likeness (QED) is 0.422. The summed E-state index contributed by atoms with van der Waals surface area (Å²) in [5.74, 6) is 6.54. The van der Waals surface area contributed by atoms with E-state index in [1.54, 1.807) is 0 Å². The molecule has 0 spiro atoms. The molecule has 3 rings (SSSR count). The maximum Gasteiger partial charge on any atom is 0.243 e. The number of hydrogen-bond acceptors (Lipinski definition) is 7. The van der Waals surface area contributed by atoms with Crippen LogP contribution in [0.2, 0.25) is 0 Å². The molecule has 0 aliphatic heterocycles. The normalized spacial score (nSPS) is 10.3. The van der Waals surface area contributed by atoms with E-state index in [0.29, 0.717) is 11.9 Å². The SMILES string of the molecule is Cc1ccc(Nc2nc(NN)nc(Nc3ccccc3)n2)c(C)c1. The summed E-state index contributed by atoms with van der Waals surface area (Å²) in [6.45, 7) is 4.08. The number of nitrogens with one attached hydrogen (secondary N) is 3. The van der Waals surface area contributed by atoms with Crippen molar-refractivity contribution in [3.63, 3.8) is 0 Å². The van der Waals surface area contributed by atoms with Crippen LogP contribution in [0.4, 0.5) is 29.2 Å². The smallest absolute Gasteiger partial charge is 0.243 e. The third-order valence-corrected chi connectivity index (χ3v) is 3.42. The van der Waals surface area contributed by atoms with Crippen molar-refractivity contribution in [1.29, 1.82) is 0 Å². The minimum absolute atomic E-state index is 0.274. The summed E-state index contributed by atoms with van der Waals surface area (Å²) in [6, 6.07) is 15.8. The van der Waals surface area contributed by atoms with E-state index in [2.05, 4.69) is 44.0 Å². The van der Waals surface area contributed by atoms with E-state index < -0.39 is 0 Å². The van der Waals surface area contributed by atoms with Crippen LogP contribution in [0, 0.1) is 13.8 Å². The van der Waals surface area contributed by atoms with Gasteiger partial charge >= 0.3 is 0 Å². The summed E-state index contributed by atoms with van der Waals surface area (Å²) in [7, 11) is 0. The van der Waals surface area contributed by atoms with Crippen LogP contribution in [-0.2, 0) is 0 Å². The maximum absolute atomic E-state index is 5.47. The van der Waals surface area contributed by atoms with E-state index in [1.165, 1.54) is 5.56 Å². The molecule has 24 heavy (non-hydrogen) atoms. The van der Waals surface area contributed by atoms with Gasteiger partial charge in [0, 0.05) is 11.4 Å². The van der Waals surface area contributed by atoms with Gasteiger partial charge in [-0.2, -0.15) is 15.0 Å². The van der Waals surface area contributed by atoms with Crippen molar-refractivity contribution < 1.29 is 0 Å². The molecule has 3 aromatic rings. The average molecular weight is 321 g/mol. The minimum Gasteiger partial charge on any atom is -0.324 e. The van der Waals surface area contributed by atoms with E-state index in [-0.39, 0.29) is 5.95 Å². The number of aryl methyl sites for hydroxylation is 2. The Hall–Kier alpha value is -3.19. The second-order valence-electron chi connectivity index (χ2n) is 5.38. The summed E-state index contributed by atoms with van der Waals surface area (Å²) >= 11 is 0. The van der Waals surface area contributed by atoms with E-state index >= 15 is 0 Å². The predicted molar refractivity (Wildman–Crippen MR) is 96.6 cm³/mol. The number of nitrogens with zero attached hydrogens (tertiary/aromatic N) is 3. The molecule has 0 unspecified atom stereocenters. The predicted octanol–water partition coefficient (Wildman–Crippen LogP) is 3.26. The van der Waals surface area contributed by atoms with Gasteiger partial charge in [0.05, 0.1) is 0 Å². The lowest BCUT2D eigenvalue weighted by atomic mass is 10.1. The molecule has 0 radical (unpaired) electrons. The molecule has 7 nitrogen and oxygen atoms in total.